The van der Waals surface area contributed by atoms with E-state index in [1.54, 1.807) is 6.92 Å². The number of nitrogens with zero attached hydrogens (tertiary/aromatic N) is 3. The minimum absolute atomic E-state index is 0.212. The van der Waals surface area contributed by atoms with E-state index in [1.165, 1.54) is 6.33 Å². The smallest absolute Gasteiger partial charge is 0.322 e. The highest BCUT2D eigenvalue weighted by atomic mass is 16.5. The first-order valence-electron chi connectivity index (χ1n) is 4.21. The molecule has 0 fully saturated rings. The van der Waals surface area contributed by atoms with E-state index in [0.29, 0.717) is 22.6 Å². The summed E-state index contributed by atoms with van der Waals surface area (Å²) in [5.41, 5.74) is 0.967. The fraction of sp³-hybridized carbons (Fsp3) is 0.250. The zero-order valence-electron chi connectivity index (χ0n) is 7.89. The number of hydrogen-bond acceptors (Lipinski definition) is 6. The van der Waals surface area contributed by atoms with Crippen molar-refractivity contribution in [1.29, 1.82) is 0 Å². The summed E-state index contributed by atoms with van der Waals surface area (Å²) in [5, 5.41) is 15.5. The van der Waals surface area contributed by atoms with Crippen LogP contribution in [0.2, 0.25) is 0 Å². The number of carboxylic acid groups (broad SMARTS) is 1. The topological polar surface area (TPSA) is 101 Å². The lowest BCUT2D eigenvalue weighted by Gasteiger charge is -2.01. The molecule has 0 saturated carbocycles. The van der Waals surface area contributed by atoms with Gasteiger partial charge < -0.3 is 14.9 Å². The Morgan fingerprint density at radius 1 is 1.60 bits per heavy atom. The number of anilines is 1. The predicted molar refractivity (Wildman–Crippen MR) is 50.5 cm³/mol. The summed E-state index contributed by atoms with van der Waals surface area (Å²) in [6.07, 6.45) is 1.29. The largest absolute Gasteiger partial charge is 0.480 e. The molecule has 0 aromatic carbocycles. The van der Waals surface area contributed by atoms with Crippen LogP contribution in [-0.4, -0.2) is 32.7 Å². The fourth-order valence-electron chi connectivity index (χ4n) is 1.22. The Bertz CT molecular complexity index is 508. The third kappa shape index (κ3) is 1.71. The van der Waals surface area contributed by atoms with Crippen LogP contribution in [0.3, 0.4) is 0 Å². The summed E-state index contributed by atoms with van der Waals surface area (Å²) in [6, 6.07) is 0. The quantitative estimate of drug-likeness (QED) is 0.753. The average Bonchev–Trinajstić information content (AvgIpc) is 2.58. The lowest BCUT2D eigenvalue weighted by molar-refractivity contribution is -0.134. The maximum Gasteiger partial charge on any atom is 0.322 e. The van der Waals surface area contributed by atoms with Gasteiger partial charge in [-0.05, 0) is 6.92 Å². The minimum Gasteiger partial charge on any atom is -0.480 e. The highest BCUT2D eigenvalue weighted by Crippen LogP contribution is 2.21. The number of carbonyl (C=O) groups is 1. The molecular weight excluding hydrogens is 200 g/mol. The molecule has 0 aliphatic rings. The van der Waals surface area contributed by atoms with Crippen molar-refractivity contribution in [3.05, 3.63) is 12.0 Å². The Labute approximate surface area is 84.1 Å². The maximum atomic E-state index is 10.4. The van der Waals surface area contributed by atoms with E-state index in [-0.39, 0.29) is 6.54 Å². The Morgan fingerprint density at radius 2 is 2.40 bits per heavy atom. The minimum atomic E-state index is -0.962. The second-order valence-corrected chi connectivity index (χ2v) is 2.92. The number of aliphatic carboxylic acids is 1. The number of hydrogen-bond donors (Lipinski definition) is 2. The number of carboxylic acids is 1. The standard InChI is InChI=1S/C8H8N4O3/c1-4-6-7(9-2-5(13)14)10-3-11-8(6)15-12-4/h3H,2H2,1H3,(H,13,14)(H,9,10,11). The van der Waals surface area contributed by atoms with Crippen molar-refractivity contribution in [2.45, 2.75) is 6.92 Å². The monoisotopic (exact) mass is 208 g/mol. The molecule has 0 spiro atoms. The molecule has 15 heavy (non-hydrogen) atoms. The molecule has 0 aliphatic carbocycles. The van der Waals surface area contributed by atoms with E-state index in [2.05, 4.69) is 20.4 Å². The number of aryl methyl sites for hydroxylation is 1. The summed E-state index contributed by atoms with van der Waals surface area (Å²) in [7, 11) is 0. The van der Waals surface area contributed by atoms with E-state index < -0.39 is 5.97 Å². The van der Waals surface area contributed by atoms with Crippen LogP contribution in [-0.2, 0) is 4.79 Å². The van der Waals surface area contributed by atoms with Crippen molar-refractivity contribution in [3.8, 4) is 0 Å². The van der Waals surface area contributed by atoms with Crippen LogP contribution < -0.4 is 5.32 Å². The van der Waals surface area contributed by atoms with Crippen LogP contribution in [0.1, 0.15) is 5.69 Å². The molecule has 0 amide bonds. The molecule has 7 heteroatoms. The molecule has 0 unspecified atom stereocenters. The van der Waals surface area contributed by atoms with E-state index in [9.17, 15) is 4.79 Å². The van der Waals surface area contributed by atoms with Crippen LogP contribution in [0.25, 0.3) is 11.1 Å². The van der Waals surface area contributed by atoms with Crippen molar-refractivity contribution < 1.29 is 14.4 Å². The van der Waals surface area contributed by atoms with Crippen LogP contribution in [0.5, 0.6) is 0 Å². The molecule has 0 atom stereocenters. The second kappa shape index (κ2) is 3.52. The highest BCUT2D eigenvalue weighted by Gasteiger charge is 2.11. The molecule has 0 radical (unpaired) electrons. The van der Waals surface area contributed by atoms with Crippen LogP contribution in [0.4, 0.5) is 5.82 Å². The van der Waals surface area contributed by atoms with Crippen LogP contribution >= 0.6 is 0 Å². The Hall–Kier alpha value is -2.18. The predicted octanol–water partition coefficient (Wildman–Crippen LogP) is 0.423. The molecule has 7 nitrogen and oxygen atoms in total. The summed E-state index contributed by atoms with van der Waals surface area (Å²) < 4.78 is 4.91. The third-order valence-electron chi connectivity index (χ3n) is 1.85. The van der Waals surface area contributed by atoms with Crippen molar-refractivity contribution in [1.82, 2.24) is 15.1 Å². The van der Waals surface area contributed by atoms with Gasteiger partial charge in [-0.25, -0.2) is 4.98 Å². The molecule has 78 valence electrons. The van der Waals surface area contributed by atoms with Crippen molar-refractivity contribution in [3.63, 3.8) is 0 Å². The van der Waals surface area contributed by atoms with Crippen LogP contribution in [0, 0.1) is 6.92 Å². The zero-order chi connectivity index (χ0) is 10.8. The van der Waals surface area contributed by atoms with Gasteiger partial charge in [0.1, 0.15) is 24.1 Å². The van der Waals surface area contributed by atoms with E-state index in [4.69, 9.17) is 9.63 Å². The highest BCUT2D eigenvalue weighted by molar-refractivity contribution is 5.88. The fourth-order valence-corrected chi connectivity index (χ4v) is 1.22. The molecule has 2 aromatic heterocycles. The molecule has 0 bridgehead atoms. The molecular formula is C8H8N4O3. The molecule has 2 rings (SSSR count). The first-order valence-corrected chi connectivity index (χ1v) is 4.21. The van der Waals surface area contributed by atoms with Gasteiger partial charge in [0, 0.05) is 0 Å². The summed E-state index contributed by atoms with van der Waals surface area (Å²) in [4.78, 5) is 18.2. The Balaban J connectivity index is 2.41. The van der Waals surface area contributed by atoms with Gasteiger partial charge in [0.2, 0.25) is 0 Å². The number of fused-ring (bicyclic) bond motifs is 1. The van der Waals surface area contributed by atoms with E-state index >= 15 is 0 Å². The first kappa shape index (κ1) is 9.38. The number of rotatable bonds is 3. The molecule has 0 aliphatic heterocycles. The summed E-state index contributed by atoms with van der Waals surface area (Å²) in [6.45, 7) is 1.53. The van der Waals surface area contributed by atoms with E-state index in [0.717, 1.165) is 0 Å². The van der Waals surface area contributed by atoms with Gasteiger partial charge in [0.15, 0.2) is 0 Å². The van der Waals surface area contributed by atoms with Crippen LogP contribution in [0.15, 0.2) is 10.9 Å². The number of aromatic nitrogens is 3. The van der Waals surface area contributed by atoms with E-state index in [1.807, 2.05) is 0 Å². The molecule has 2 aromatic rings. The lowest BCUT2D eigenvalue weighted by Crippen LogP contribution is -2.13. The van der Waals surface area contributed by atoms with Crippen molar-refractivity contribution in [2.75, 3.05) is 11.9 Å². The first-order chi connectivity index (χ1) is 7.18. The second-order valence-electron chi connectivity index (χ2n) is 2.92. The molecule has 2 N–H and O–H groups in total. The zero-order valence-corrected chi connectivity index (χ0v) is 7.89. The summed E-state index contributed by atoms with van der Waals surface area (Å²) in [5.74, 6) is -0.544. The Morgan fingerprint density at radius 3 is 3.13 bits per heavy atom. The lowest BCUT2D eigenvalue weighted by atomic mass is 10.3. The van der Waals surface area contributed by atoms with Gasteiger partial charge in [0.05, 0.1) is 5.69 Å². The van der Waals surface area contributed by atoms with Gasteiger partial charge >= 0.3 is 5.97 Å². The normalized spacial score (nSPS) is 10.5. The Kier molecular flexibility index (Phi) is 2.20. The van der Waals surface area contributed by atoms with Gasteiger partial charge in [-0.3, -0.25) is 4.79 Å². The van der Waals surface area contributed by atoms with Crippen molar-refractivity contribution >= 4 is 22.9 Å². The third-order valence-corrected chi connectivity index (χ3v) is 1.85. The summed E-state index contributed by atoms with van der Waals surface area (Å²) >= 11 is 0. The number of nitrogens with one attached hydrogen (secondary N) is 1. The van der Waals surface area contributed by atoms with Gasteiger partial charge in [-0.2, -0.15) is 4.98 Å². The van der Waals surface area contributed by atoms with Gasteiger partial charge in [0.25, 0.3) is 5.71 Å². The molecule has 2 heterocycles. The molecule has 0 saturated heterocycles. The maximum absolute atomic E-state index is 10.4. The average molecular weight is 208 g/mol. The van der Waals surface area contributed by atoms with Gasteiger partial charge in [-0.15, -0.1) is 0 Å². The SMILES string of the molecule is Cc1noc2ncnc(NCC(=O)O)c12. The van der Waals surface area contributed by atoms with Crippen molar-refractivity contribution in [2.24, 2.45) is 0 Å². The van der Waals surface area contributed by atoms with Gasteiger partial charge in [-0.1, -0.05) is 5.16 Å².